The zero-order chi connectivity index (χ0) is 9.90. The van der Waals surface area contributed by atoms with E-state index in [1.165, 1.54) is 11.5 Å². The van der Waals surface area contributed by atoms with E-state index in [9.17, 15) is 0 Å². The van der Waals surface area contributed by atoms with Crippen molar-refractivity contribution in [3.8, 4) is 0 Å². The number of hydrogen-bond donors (Lipinski definition) is 1. The average Bonchev–Trinajstić information content (AvgIpc) is 2.46. The maximum absolute atomic E-state index is 5.58. The van der Waals surface area contributed by atoms with Crippen molar-refractivity contribution in [3.63, 3.8) is 0 Å². The Labute approximate surface area is 82.5 Å². The van der Waals surface area contributed by atoms with Gasteiger partial charge in [0.05, 0.1) is 12.2 Å². The minimum atomic E-state index is -0.130. The summed E-state index contributed by atoms with van der Waals surface area (Å²) in [5.41, 5.74) is 0.747. The summed E-state index contributed by atoms with van der Waals surface area (Å²) in [6.45, 7) is 6.57. The summed E-state index contributed by atoms with van der Waals surface area (Å²) in [5.74, 6) is 0. The van der Waals surface area contributed by atoms with Crippen molar-refractivity contribution in [2.45, 2.75) is 33.0 Å². The predicted octanol–water partition coefficient (Wildman–Crippen LogP) is 1.89. The minimum Gasteiger partial charge on any atom is -0.377 e. The zero-order valence-electron chi connectivity index (χ0n) is 8.42. The molecule has 0 spiro atoms. The van der Waals surface area contributed by atoms with E-state index in [1.807, 2.05) is 27.8 Å². The van der Waals surface area contributed by atoms with Gasteiger partial charge in [-0.2, -0.15) is 0 Å². The highest BCUT2D eigenvalue weighted by atomic mass is 32.1. The first-order valence-electron chi connectivity index (χ1n) is 4.16. The first-order chi connectivity index (χ1) is 6.03. The van der Waals surface area contributed by atoms with Gasteiger partial charge in [0.25, 0.3) is 0 Å². The van der Waals surface area contributed by atoms with E-state index < -0.39 is 0 Å². The molecule has 0 aromatic carbocycles. The van der Waals surface area contributed by atoms with Crippen LogP contribution in [0.5, 0.6) is 0 Å². The molecule has 5 heteroatoms. The number of aromatic nitrogens is 2. The molecule has 0 saturated carbocycles. The van der Waals surface area contributed by atoms with E-state index >= 15 is 0 Å². The Balaban J connectivity index is 2.54. The van der Waals surface area contributed by atoms with Gasteiger partial charge >= 0.3 is 0 Å². The molecule has 0 amide bonds. The van der Waals surface area contributed by atoms with E-state index in [-0.39, 0.29) is 5.60 Å². The summed E-state index contributed by atoms with van der Waals surface area (Å²) in [6, 6.07) is 0. The second-order valence-electron chi connectivity index (χ2n) is 3.70. The minimum absolute atomic E-state index is 0.130. The summed E-state index contributed by atoms with van der Waals surface area (Å²) >= 11 is 1.35. The molecule has 1 aromatic rings. The maximum atomic E-state index is 5.58. The molecule has 0 saturated heterocycles. The number of ether oxygens (including phenoxy) is 1. The van der Waals surface area contributed by atoms with Crippen molar-refractivity contribution in [2.24, 2.45) is 0 Å². The van der Waals surface area contributed by atoms with Crippen molar-refractivity contribution in [2.75, 3.05) is 12.4 Å². The molecule has 0 bridgehead atoms. The molecule has 1 N–H and O–H groups in total. The first-order valence-corrected chi connectivity index (χ1v) is 4.93. The van der Waals surface area contributed by atoms with Gasteiger partial charge in [-0.05, 0) is 20.8 Å². The van der Waals surface area contributed by atoms with E-state index in [4.69, 9.17) is 4.74 Å². The van der Waals surface area contributed by atoms with Gasteiger partial charge in [-0.1, -0.05) is 4.49 Å². The van der Waals surface area contributed by atoms with Crippen molar-refractivity contribution in [1.29, 1.82) is 0 Å². The maximum Gasteiger partial charge on any atom is 0.135 e. The Morgan fingerprint density at radius 3 is 2.69 bits per heavy atom. The van der Waals surface area contributed by atoms with Crippen LogP contribution in [-0.4, -0.2) is 22.2 Å². The molecule has 13 heavy (non-hydrogen) atoms. The monoisotopic (exact) mass is 201 g/mol. The molecule has 0 radical (unpaired) electrons. The molecule has 4 nitrogen and oxygen atoms in total. The van der Waals surface area contributed by atoms with Crippen LogP contribution in [0, 0.1) is 0 Å². The van der Waals surface area contributed by atoms with Crippen LogP contribution in [0.4, 0.5) is 5.00 Å². The van der Waals surface area contributed by atoms with Crippen LogP contribution in [-0.2, 0) is 11.3 Å². The van der Waals surface area contributed by atoms with E-state index in [2.05, 4.69) is 14.9 Å². The Bertz CT molecular complexity index is 267. The molecular weight excluding hydrogens is 186 g/mol. The van der Waals surface area contributed by atoms with Gasteiger partial charge in [-0.3, -0.25) is 0 Å². The molecule has 1 aromatic heterocycles. The topological polar surface area (TPSA) is 47.0 Å². The molecule has 1 heterocycles. The first kappa shape index (κ1) is 10.4. The number of hydrogen-bond acceptors (Lipinski definition) is 5. The number of nitrogens with zero attached hydrogens (tertiary/aromatic N) is 2. The lowest BCUT2D eigenvalue weighted by atomic mass is 10.2. The third-order valence-electron chi connectivity index (χ3n) is 1.42. The molecule has 0 fully saturated rings. The molecule has 0 unspecified atom stereocenters. The second kappa shape index (κ2) is 4.02. The zero-order valence-corrected chi connectivity index (χ0v) is 9.23. The number of rotatable bonds is 3. The van der Waals surface area contributed by atoms with Gasteiger partial charge in [0, 0.05) is 18.6 Å². The third-order valence-corrected chi connectivity index (χ3v) is 2.21. The lowest BCUT2D eigenvalue weighted by Crippen LogP contribution is -2.19. The summed E-state index contributed by atoms with van der Waals surface area (Å²) < 4.78 is 9.42. The highest BCUT2D eigenvalue weighted by molar-refractivity contribution is 7.10. The summed E-state index contributed by atoms with van der Waals surface area (Å²) in [6.07, 6.45) is 0. The van der Waals surface area contributed by atoms with Crippen molar-refractivity contribution >= 4 is 16.5 Å². The van der Waals surface area contributed by atoms with Crippen molar-refractivity contribution < 1.29 is 4.74 Å². The fourth-order valence-corrected chi connectivity index (χ4v) is 1.30. The Kier molecular flexibility index (Phi) is 3.22. The predicted molar refractivity (Wildman–Crippen MR) is 54.0 cm³/mol. The van der Waals surface area contributed by atoms with Gasteiger partial charge in [-0.15, -0.1) is 5.10 Å². The van der Waals surface area contributed by atoms with Crippen LogP contribution in [0.1, 0.15) is 26.5 Å². The van der Waals surface area contributed by atoms with Crippen LogP contribution in [0.3, 0.4) is 0 Å². The molecule has 0 atom stereocenters. The highest BCUT2D eigenvalue weighted by Crippen LogP contribution is 2.19. The molecular formula is C8H15N3OS. The van der Waals surface area contributed by atoms with E-state index in [0.717, 1.165) is 10.7 Å². The van der Waals surface area contributed by atoms with Gasteiger partial charge < -0.3 is 10.1 Å². The normalized spacial score (nSPS) is 11.7. The summed E-state index contributed by atoms with van der Waals surface area (Å²) in [5, 5.41) is 7.97. The number of anilines is 1. The smallest absolute Gasteiger partial charge is 0.135 e. The van der Waals surface area contributed by atoms with Crippen LogP contribution >= 0.6 is 11.5 Å². The Hall–Kier alpha value is -0.680. The van der Waals surface area contributed by atoms with Crippen LogP contribution in [0.15, 0.2) is 0 Å². The van der Waals surface area contributed by atoms with Gasteiger partial charge in [0.15, 0.2) is 0 Å². The molecule has 0 aliphatic heterocycles. The highest BCUT2D eigenvalue weighted by Gasteiger charge is 2.13. The van der Waals surface area contributed by atoms with Crippen molar-refractivity contribution in [3.05, 3.63) is 5.69 Å². The molecule has 74 valence electrons. The summed E-state index contributed by atoms with van der Waals surface area (Å²) in [4.78, 5) is 0. The Morgan fingerprint density at radius 1 is 1.46 bits per heavy atom. The fourth-order valence-electron chi connectivity index (χ4n) is 0.778. The van der Waals surface area contributed by atoms with Gasteiger partial charge in [0.2, 0.25) is 0 Å². The fraction of sp³-hybridized carbons (Fsp3) is 0.750. The molecule has 0 aliphatic rings. The van der Waals surface area contributed by atoms with Gasteiger partial charge in [0.1, 0.15) is 10.7 Å². The largest absolute Gasteiger partial charge is 0.377 e. The number of nitrogens with one attached hydrogen (secondary N) is 1. The Morgan fingerprint density at radius 2 is 2.15 bits per heavy atom. The third kappa shape index (κ3) is 3.28. The van der Waals surface area contributed by atoms with Crippen molar-refractivity contribution in [1.82, 2.24) is 9.59 Å². The van der Waals surface area contributed by atoms with E-state index in [1.54, 1.807) is 0 Å². The SMILES string of the molecule is CNc1snnc1COC(C)(C)C. The van der Waals surface area contributed by atoms with Gasteiger partial charge in [-0.25, -0.2) is 0 Å². The average molecular weight is 201 g/mol. The van der Waals surface area contributed by atoms with Crippen LogP contribution in [0.25, 0.3) is 0 Å². The van der Waals surface area contributed by atoms with Crippen LogP contribution < -0.4 is 5.32 Å². The lowest BCUT2D eigenvalue weighted by molar-refractivity contribution is -0.0162. The lowest BCUT2D eigenvalue weighted by Gasteiger charge is -2.18. The molecule has 1 rings (SSSR count). The molecule has 0 aliphatic carbocycles. The van der Waals surface area contributed by atoms with E-state index in [0.29, 0.717) is 6.61 Å². The standard InChI is InChI=1S/C8H15N3OS/c1-8(2,3)12-5-6-7(9-4)13-11-10-6/h9H,5H2,1-4H3. The van der Waals surface area contributed by atoms with Crippen LogP contribution in [0.2, 0.25) is 0 Å². The summed E-state index contributed by atoms with van der Waals surface area (Å²) in [7, 11) is 1.86. The second-order valence-corrected chi connectivity index (χ2v) is 4.45. The quantitative estimate of drug-likeness (QED) is 0.811.